The summed E-state index contributed by atoms with van der Waals surface area (Å²) in [6.07, 6.45) is -4.03. The van der Waals surface area contributed by atoms with E-state index in [0.717, 1.165) is 32.7 Å². The summed E-state index contributed by atoms with van der Waals surface area (Å²) in [5, 5.41) is 0.927. The first-order valence-electron chi connectivity index (χ1n) is 9.91. The third kappa shape index (κ3) is 4.53. The monoisotopic (exact) mass is 458 g/mol. The van der Waals surface area contributed by atoms with Crippen LogP contribution in [0.1, 0.15) is 33.3 Å². The fraction of sp³-hybridized carbons (Fsp3) is 0.160. The van der Waals surface area contributed by atoms with E-state index in [1.165, 1.54) is 29.5 Å². The Morgan fingerprint density at radius 1 is 1.00 bits per heavy atom. The largest absolute Gasteiger partial charge is 0.462 e. The van der Waals surface area contributed by atoms with Gasteiger partial charge in [0.25, 0.3) is 0 Å². The van der Waals surface area contributed by atoms with Crippen LogP contribution in [0, 0.1) is 5.82 Å². The summed E-state index contributed by atoms with van der Waals surface area (Å²) in [4.78, 5) is 13.0. The molecule has 0 saturated heterocycles. The zero-order valence-electron chi connectivity index (χ0n) is 17.0. The molecule has 0 N–H and O–H groups in total. The van der Waals surface area contributed by atoms with Crippen molar-refractivity contribution in [2.24, 2.45) is 0 Å². The van der Waals surface area contributed by atoms with Crippen molar-refractivity contribution in [3.8, 4) is 11.1 Å². The average molecular weight is 458 g/mol. The molecule has 164 valence electrons. The molecule has 0 fully saturated rings. The molecular formula is C25H18F4O2S. The molecule has 0 unspecified atom stereocenters. The van der Waals surface area contributed by atoms with Crippen LogP contribution in [0.4, 0.5) is 17.6 Å². The Morgan fingerprint density at radius 3 is 2.53 bits per heavy atom. The van der Waals surface area contributed by atoms with E-state index in [0.29, 0.717) is 17.5 Å². The zero-order valence-corrected chi connectivity index (χ0v) is 17.8. The molecule has 1 heterocycles. The van der Waals surface area contributed by atoms with Crippen LogP contribution in [-0.4, -0.2) is 12.6 Å². The lowest BCUT2D eigenvalue weighted by Gasteiger charge is -2.08. The van der Waals surface area contributed by atoms with Crippen LogP contribution in [0.15, 0.2) is 66.7 Å². The lowest BCUT2D eigenvalue weighted by atomic mass is 10.0. The molecule has 4 rings (SSSR count). The third-order valence-electron chi connectivity index (χ3n) is 5.00. The number of esters is 1. The highest BCUT2D eigenvalue weighted by molar-refractivity contribution is 7.19. The van der Waals surface area contributed by atoms with Crippen LogP contribution in [0.3, 0.4) is 0 Å². The van der Waals surface area contributed by atoms with Crippen LogP contribution in [0.5, 0.6) is 0 Å². The van der Waals surface area contributed by atoms with Crippen molar-refractivity contribution in [3.63, 3.8) is 0 Å². The minimum absolute atomic E-state index is 0.137. The van der Waals surface area contributed by atoms with Crippen molar-refractivity contribution >= 4 is 27.4 Å². The van der Waals surface area contributed by atoms with Crippen LogP contribution in [-0.2, 0) is 17.3 Å². The van der Waals surface area contributed by atoms with E-state index in [-0.39, 0.29) is 12.2 Å². The molecule has 0 aliphatic heterocycles. The van der Waals surface area contributed by atoms with Gasteiger partial charge < -0.3 is 4.74 Å². The summed E-state index contributed by atoms with van der Waals surface area (Å²) in [5.41, 5.74) is 1.23. The summed E-state index contributed by atoms with van der Waals surface area (Å²) < 4.78 is 59.1. The van der Waals surface area contributed by atoms with Gasteiger partial charge in [0.05, 0.1) is 17.7 Å². The van der Waals surface area contributed by atoms with Crippen molar-refractivity contribution in [1.82, 2.24) is 0 Å². The van der Waals surface area contributed by atoms with Crippen molar-refractivity contribution in [2.75, 3.05) is 6.61 Å². The Labute approximate surface area is 186 Å². The number of alkyl halides is 3. The number of thiophene rings is 1. The van der Waals surface area contributed by atoms with Gasteiger partial charge in [-0.15, -0.1) is 11.3 Å². The summed E-state index contributed by atoms with van der Waals surface area (Å²) in [6, 6.07) is 17.2. The predicted molar refractivity (Wildman–Crippen MR) is 117 cm³/mol. The van der Waals surface area contributed by atoms with E-state index in [1.54, 1.807) is 19.1 Å². The fourth-order valence-electron chi connectivity index (χ4n) is 3.55. The highest BCUT2D eigenvalue weighted by Gasteiger charge is 2.30. The molecule has 4 aromatic rings. The van der Waals surface area contributed by atoms with E-state index < -0.39 is 23.5 Å². The SMILES string of the molecule is CCOC(=O)c1cc(-c2cccc3cc(Cc4cccc(C(F)(F)F)c4)sc23)ccc1F. The standard InChI is InChI=1S/C25H18F4O2S/c1-2-31-24(30)21-14-16(9-10-22(21)26)20-8-4-6-17-13-19(32-23(17)20)12-15-5-3-7-18(11-15)25(27,28)29/h3-11,13-14H,2,12H2,1H3. The first-order valence-corrected chi connectivity index (χ1v) is 10.7. The Morgan fingerprint density at radius 2 is 1.78 bits per heavy atom. The summed E-state index contributed by atoms with van der Waals surface area (Å²) in [6.45, 7) is 1.79. The maximum Gasteiger partial charge on any atom is 0.416 e. The molecule has 32 heavy (non-hydrogen) atoms. The van der Waals surface area contributed by atoms with Gasteiger partial charge in [-0.2, -0.15) is 13.2 Å². The van der Waals surface area contributed by atoms with Gasteiger partial charge in [-0.3, -0.25) is 0 Å². The summed E-state index contributed by atoms with van der Waals surface area (Å²) >= 11 is 1.46. The molecule has 7 heteroatoms. The number of fused-ring (bicyclic) bond motifs is 1. The summed E-state index contributed by atoms with van der Waals surface area (Å²) in [5.74, 6) is -1.38. The molecule has 0 spiro atoms. The second-order valence-corrected chi connectivity index (χ2v) is 8.36. The Balaban J connectivity index is 1.71. The molecule has 0 aliphatic carbocycles. The lowest BCUT2D eigenvalue weighted by Crippen LogP contribution is -2.07. The zero-order chi connectivity index (χ0) is 22.9. The third-order valence-corrected chi connectivity index (χ3v) is 6.18. The minimum atomic E-state index is -4.39. The molecule has 2 nitrogen and oxygen atoms in total. The molecule has 0 atom stereocenters. The van der Waals surface area contributed by atoms with E-state index in [4.69, 9.17) is 4.74 Å². The molecule has 0 amide bonds. The molecule has 1 aromatic heterocycles. The maximum atomic E-state index is 14.2. The predicted octanol–water partition coefficient (Wildman–Crippen LogP) is 7.49. The highest BCUT2D eigenvalue weighted by atomic mass is 32.1. The molecule has 3 aromatic carbocycles. The van der Waals surface area contributed by atoms with Gasteiger partial charge in [0.15, 0.2) is 0 Å². The van der Waals surface area contributed by atoms with E-state index in [1.807, 2.05) is 24.3 Å². The first-order chi connectivity index (χ1) is 15.3. The van der Waals surface area contributed by atoms with Crippen molar-refractivity contribution < 1.29 is 27.1 Å². The second kappa shape index (κ2) is 8.74. The van der Waals surface area contributed by atoms with Crippen LogP contribution in [0.25, 0.3) is 21.2 Å². The smallest absolute Gasteiger partial charge is 0.416 e. The van der Waals surface area contributed by atoms with Gasteiger partial charge in [0, 0.05) is 16.0 Å². The number of ether oxygens (including phenoxy) is 1. The fourth-order valence-corrected chi connectivity index (χ4v) is 4.78. The van der Waals surface area contributed by atoms with Gasteiger partial charge in [-0.1, -0.05) is 42.5 Å². The van der Waals surface area contributed by atoms with Gasteiger partial charge in [0.1, 0.15) is 5.82 Å². The Bertz CT molecular complexity index is 1290. The van der Waals surface area contributed by atoms with Crippen molar-refractivity contribution in [2.45, 2.75) is 19.5 Å². The van der Waals surface area contributed by atoms with Crippen molar-refractivity contribution in [3.05, 3.63) is 94.1 Å². The molecule has 0 bridgehead atoms. The number of rotatable bonds is 5. The number of halogens is 4. The first kappa shape index (κ1) is 22.0. The van der Waals surface area contributed by atoms with Gasteiger partial charge in [-0.25, -0.2) is 9.18 Å². The highest BCUT2D eigenvalue weighted by Crippen LogP contribution is 2.37. The number of hydrogen-bond donors (Lipinski definition) is 0. The topological polar surface area (TPSA) is 26.3 Å². The number of carbonyl (C=O) groups is 1. The van der Waals surface area contributed by atoms with Crippen LogP contribution in [0.2, 0.25) is 0 Å². The normalized spacial score (nSPS) is 11.7. The molecule has 0 saturated carbocycles. The second-order valence-electron chi connectivity index (χ2n) is 7.23. The van der Waals surface area contributed by atoms with Crippen molar-refractivity contribution in [1.29, 1.82) is 0 Å². The number of hydrogen-bond acceptors (Lipinski definition) is 3. The maximum absolute atomic E-state index is 14.2. The Hall–Kier alpha value is -3.19. The van der Waals surface area contributed by atoms with Gasteiger partial charge in [0.2, 0.25) is 0 Å². The Kier molecular flexibility index (Phi) is 6.02. The number of carbonyl (C=O) groups excluding carboxylic acids is 1. The van der Waals surface area contributed by atoms with Gasteiger partial charge in [-0.05, 0) is 53.3 Å². The lowest BCUT2D eigenvalue weighted by molar-refractivity contribution is -0.137. The van der Waals surface area contributed by atoms with Crippen LogP contribution >= 0.6 is 11.3 Å². The van der Waals surface area contributed by atoms with E-state index in [9.17, 15) is 22.4 Å². The van der Waals surface area contributed by atoms with Crippen LogP contribution < -0.4 is 0 Å². The molecule has 0 aliphatic rings. The van der Waals surface area contributed by atoms with Gasteiger partial charge >= 0.3 is 12.1 Å². The van der Waals surface area contributed by atoms with E-state index in [2.05, 4.69) is 0 Å². The quantitative estimate of drug-likeness (QED) is 0.229. The molecular weight excluding hydrogens is 440 g/mol. The summed E-state index contributed by atoms with van der Waals surface area (Å²) in [7, 11) is 0. The minimum Gasteiger partial charge on any atom is -0.462 e. The average Bonchev–Trinajstić information content (AvgIpc) is 3.16. The van der Waals surface area contributed by atoms with E-state index >= 15 is 0 Å². The molecule has 0 radical (unpaired) electrons. The number of benzene rings is 3.